The number of nitrogens with one attached hydrogen (secondary N) is 1. The zero-order chi connectivity index (χ0) is 13.1. The van der Waals surface area contributed by atoms with Crippen LogP contribution in [0.25, 0.3) is 0 Å². The molecular weight excluding hydrogens is 304 g/mol. The Kier molecular flexibility index (Phi) is 4.53. The lowest BCUT2D eigenvalue weighted by atomic mass is 9.95. The molecule has 4 heteroatoms. The minimum absolute atomic E-state index is 0.284. The van der Waals surface area contributed by atoms with Crippen molar-refractivity contribution in [1.29, 1.82) is 0 Å². The minimum Gasteiger partial charge on any atom is -0.373 e. The molecule has 0 aromatic heterocycles. The van der Waals surface area contributed by atoms with Crippen LogP contribution in [0.4, 0.5) is 0 Å². The first-order valence-electron chi connectivity index (χ1n) is 7.16. The fraction of sp³-hybridized carbons (Fsp3) is 0.600. The van der Waals surface area contributed by atoms with Crippen LogP contribution in [0.15, 0.2) is 22.7 Å². The fourth-order valence-corrected chi connectivity index (χ4v) is 3.39. The van der Waals surface area contributed by atoms with Gasteiger partial charge in [0.25, 0.3) is 0 Å². The van der Waals surface area contributed by atoms with Crippen molar-refractivity contribution in [2.45, 2.75) is 18.9 Å². The molecule has 2 aliphatic heterocycles. The maximum atomic E-state index is 5.98. The van der Waals surface area contributed by atoms with Crippen LogP contribution in [0.1, 0.15) is 23.7 Å². The Balaban J connectivity index is 1.63. The zero-order valence-corrected chi connectivity index (χ0v) is 12.8. The first-order chi connectivity index (χ1) is 9.33. The quantitative estimate of drug-likeness (QED) is 0.923. The average molecular weight is 325 g/mol. The number of ether oxygens (including phenoxy) is 1. The summed E-state index contributed by atoms with van der Waals surface area (Å²) in [5, 5.41) is 3.40. The van der Waals surface area contributed by atoms with Gasteiger partial charge in [-0.3, -0.25) is 0 Å². The van der Waals surface area contributed by atoms with Crippen molar-refractivity contribution < 1.29 is 4.74 Å². The molecule has 1 fully saturated rings. The number of piperazine rings is 1. The highest BCUT2D eigenvalue weighted by atomic mass is 79.9. The summed E-state index contributed by atoms with van der Waals surface area (Å²) in [5.41, 5.74) is 2.84. The normalized spacial score (nSPS) is 24.2. The molecule has 0 bridgehead atoms. The highest BCUT2D eigenvalue weighted by Gasteiger charge is 2.22. The summed E-state index contributed by atoms with van der Waals surface area (Å²) in [5.74, 6) is 0. The molecular formula is C15H21BrN2O. The highest BCUT2D eigenvalue weighted by Crippen LogP contribution is 2.31. The molecule has 1 N–H and O–H groups in total. The summed E-state index contributed by atoms with van der Waals surface area (Å²) in [6.45, 7) is 6.57. The zero-order valence-electron chi connectivity index (χ0n) is 11.2. The van der Waals surface area contributed by atoms with E-state index in [4.69, 9.17) is 4.74 Å². The molecule has 3 nitrogen and oxygen atoms in total. The van der Waals surface area contributed by atoms with E-state index in [1.165, 1.54) is 28.7 Å². The van der Waals surface area contributed by atoms with Gasteiger partial charge in [0.15, 0.2) is 0 Å². The van der Waals surface area contributed by atoms with Crippen molar-refractivity contribution in [2.75, 3.05) is 39.3 Å². The molecule has 1 saturated heterocycles. The van der Waals surface area contributed by atoms with Crippen LogP contribution in [0.3, 0.4) is 0 Å². The standard InChI is InChI=1S/C15H21BrN2O/c16-13-1-2-14-12(11-13)4-10-19-15(14)3-7-18-8-5-17-6-9-18/h1-2,11,15,17H,3-10H2. The SMILES string of the molecule is Brc1ccc2c(c1)CCOC2CCN1CCNCC1. The molecule has 1 atom stereocenters. The average Bonchev–Trinajstić information content (AvgIpc) is 2.45. The number of benzene rings is 1. The van der Waals surface area contributed by atoms with Gasteiger partial charge in [-0.05, 0) is 36.1 Å². The Bertz CT molecular complexity index is 432. The molecule has 0 spiro atoms. The van der Waals surface area contributed by atoms with Crippen LogP contribution >= 0.6 is 15.9 Å². The van der Waals surface area contributed by atoms with Crippen molar-refractivity contribution in [2.24, 2.45) is 0 Å². The van der Waals surface area contributed by atoms with Gasteiger partial charge in [0.2, 0.25) is 0 Å². The summed E-state index contributed by atoms with van der Waals surface area (Å²) < 4.78 is 7.15. The maximum Gasteiger partial charge on any atom is 0.0839 e. The molecule has 2 heterocycles. The van der Waals surface area contributed by atoms with E-state index in [0.29, 0.717) is 0 Å². The van der Waals surface area contributed by atoms with Crippen molar-refractivity contribution >= 4 is 15.9 Å². The van der Waals surface area contributed by atoms with Gasteiger partial charge >= 0.3 is 0 Å². The van der Waals surface area contributed by atoms with Crippen molar-refractivity contribution in [3.8, 4) is 0 Å². The Hall–Kier alpha value is -0.420. The van der Waals surface area contributed by atoms with E-state index in [1.807, 2.05) is 0 Å². The van der Waals surface area contributed by atoms with Gasteiger partial charge in [-0.15, -0.1) is 0 Å². The first-order valence-corrected chi connectivity index (χ1v) is 7.95. The van der Waals surface area contributed by atoms with Gasteiger partial charge in [0, 0.05) is 37.2 Å². The van der Waals surface area contributed by atoms with E-state index >= 15 is 0 Å². The molecule has 19 heavy (non-hydrogen) atoms. The van der Waals surface area contributed by atoms with Crippen LogP contribution < -0.4 is 5.32 Å². The van der Waals surface area contributed by atoms with E-state index in [2.05, 4.69) is 44.3 Å². The molecule has 0 amide bonds. The lowest BCUT2D eigenvalue weighted by molar-refractivity contribution is 0.0284. The van der Waals surface area contributed by atoms with Gasteiger partial charge in [-0.2, -0.15) is 0 Å². The number of hydrogen-bond acceptors (Lipinski definition) is 3. The largest absolute Gasteiger partial charge is 0.373 e. The van der Waals surface area contributed by atoms with Gasteiger partial charge < -0.3 is 15.0 Å². The van der Waals surface area contributed by atoms with Crippen molar-refractivity contribution in [1.82, 2.24) is 10.2 Å². The number of rotatable bonds is 3. The smallest absolute Gasteiger partial charge is 0.0839 e. The maximum absolute atomic E-state index is 5.98. The predicted octanol–water partition coefficient (Wildman–Crippen LogP) is 2.36. The Morgan fingerprint density at radius 2 is 2.16 bits per heavy atom. The summed E-state index contributed by atoms with van der Waals surface area (Å²) in [4.78, 5) is 2.53. The summed E-state index contributed by atoms with van der Waals surface area (Å²) in [7, 11) is 0. The van der Waals surface area contributed by atoms with Crippen LogP contribution in [0.5, 0.6) is 0 Å². The van der Waals surface area contributed by atoms with E-state index in [0.717, 1.165) is 39.1 Å². The summed E-state index contributed by atoms with van der Waals surface area (Å²) in [6.07, 6.45) is 2.43. The first kappa shape index (κ1) is 13.6. The monoisotopic (exact) mass is 324 g/mol. The highest BCUT2D eigenvalue weighted by molar-refractivity contribution is 9.10. The van der Waals surface area contributed by atoms with E-state index in [-0.39, 0.29) is 6.10 Å². The molecule has 104 valence electrons. The third kappa shape index (κ3) is 3.37. The van der Waals surface area contributed by atoms with Gasteiger partial charge in [0.05, 0.1) is 12.7 Å². The lowest BCUT2D eigenvalue weighted by Gasteiger charge is -2.31. The Morgan fingerprint density at radius 1 is 1.32 bits per heavy atom. The predicted molar refractivity (Wildman–Crippen MR) is 80.5 cm³/mol. The molecule has 0 radical (unpaired) electrons. The number of halogens is 1. The van der Waals surface area contributed by atoms with E-state index < -0.39 is 0 Å². The van der Waals surface area contributed by atoms with Gasteiger partial charge in [0.1, 0.15) is 0 Å². The minimum atomic E-state index is 0.284. The second-order valence-corrected chi connectivity index (χ2v) is 6.25. The summed E-state index contributed by atoms with van der Waals surface area (Å²) in [6, 6.07) is 6.60. The van der Waals surface area contributed by atoms with Gasteiger partial charge in [-0.25, -0.2) is 0 Å². The number of nitrogens with zero attached hydrogens (tertiary/aromatic N) is 1. The number of hydrogen-bond donors (Lipinski definition) is 1. The molecule has 3 rings (SSSR count). The summed E-state index contributed by atoms with van der Waals surface area (Å²) >= 11 is 3.56. The second-order valence-electron chi connectivity index (χ2n) is 5.33. The fourth-order valence-electron chi connectivity index (χ4n) is 2.98. The molecule has 0 saturated carbocycles. The van der Waals surface area contributed by atoms with Crippen molar-refractivity contribution in [3.63, 3.8) is 0 Å². The van der Waals surface area contributed by atoms with Crippen molar-refractivity contribution in [3.05, 3.63) is 33.8 Å². The Morgan fingerprint density at radius 3 is 3.00 bits per heavy atom. The van der Waals surface area contributed by atoms with Crippen LogP contribution in [0.2, 0.25) is 0 Å². The molecule has 2 aliphatic rings. The lowest BCUT2D eigenvalue weighted by Crippen LogP contribution is -2.44. The second kappa shape index (κ2) is 6.35. The van der Waals surface area contributed by atoms with Crippen LogP contribution in [0, 0.1) is 0 Å². The molecule has 0 aliphatic carbocycles. The van der Waals surface area contributed by atoms with Crippen LogP contribution in [-0.2, 0) is 11.2 Å². The van der Waals surface area contributed by atoms with E-state index in [9.17, 15) is 0 Å². The number of fused-ring (bicyclic) bond motifs is 1. The topological polar surface area (TPSA) is 24.5 Å². The molecule has 1 aromatic carbocycles. The third-order valence-electron chi connectivity index (χ3n) is 4.06. The third-order valence-corrected chi connectivity index (χ3v) is 4.55. The molecule has 1 unspecified atom stereocenters. The Labute approximate surface area is 123 Å². The van der Waals surface area contributed by atoms with Gasteiger partial charge in [-0.1, -0.05) is 22.0 Å². The molecule has 1 aromatic rings. The van der Waals surface area contributed by atoms with E-state index in [1.54, 1.807) is 0 Å². The van der Waals surface area contributed by atoms with Crippen LogP contribution in [-0.4, -0.2) is 44.2 Å².